The Morgan fingerprint density at radius 2 is 2.14 bits per heavy atom. The molecule has 0 bridgehead atoms. The lowest BCUT2D eigenvalue weighted by Crippen LogP contribution is -2.38. The van der Waals surface area contributed by atoms with Gasteiger partial charge in [-0.3, -0.25) is 0 Å². The molecule has 2 aromatic rings. The molecule has 21 heavy (non-hydrogen) atoms. The zero-order chi connectivity index (χ0) is 14.8. The molecular formula is C17H24N4. The molecular weight excluding hydrogens is 260 g/mol. The average Bonchev–Trinajstić information content (AvgIpc) is 2.93. The summed E-state index contributed by atoms with van der Waals surface area (Å²) < 4.78 is 0. The standard InChI is InChI=1S/C17H24N4/c1-20(2)12-15-7-5-9-21(15)17-16-8-4-3-6-13(16)10-14(11-18)19-17/h3-4,6,8,10,15H,5,7,9,11-12,18H2,1-2H3. The Hall–Kier alpha value is -1.65. The fourth-order valence-electron chi connectivity index (χ4n) is 3.28. The number of hydrogen-bond acceptors (Lipinski definition) is 4. The zero-order valence-corrected chi connectivity index (χ0v) is 12.9. The Kier molecular flexibility index (Phi) is 4.08. The molecule has 1 aliphatic heterocycles. The van der Waals surface area contributed by atoms with Gasteiger partial charge in [0.2, 0.25) is 0 Å². The van der Waals surface area contributed by atoms with Crippen LogP contribution in [-0.2, 0) is 6.54 Å². The molecule has 0 aliphatic carbocycles. The number of fused-ring (bicyclic) bond motifs is 1. The first-order valence-electron chi connectivity index (χ1n) is 7.69. The Balaban J connectivity index is 2.05. The molecule has 4 heteroatoms. The molecule has 0 spiro atoms. The molecule has 0 amide bonds. The molecule has 112 valence electrons. The zero-order valence-electron chi connectivity index (χ0n) is 12.9. The normalized spacial score (nSPS) is 18.9. The number of hydrogen-bond donors (Lipinski definition) is 1. The third-order valence-electron chi connectivity index (χ3n) is 4.21. The van der Waals surface area contributed by atoms with Gasteiger partial charge in [0.15, 0.2) is 0 Å². The minimum Gasteiger partial charge on any atom is -0.352 e. The van der Waals surface area contributed by atoms with E-state index < -0.39 is 0 Å². The molecule has 1 atom stereocenters. The molecule has 2 heterocycles. The van der Waals surface area contributed by atoms with E-state index in [1.807, 2.05) is 0 Å². The van der Waals surface area contributed by atoms with Gasteiger partial charge in [-0.1, -0.05) is 24.3 Å². The maximum atomic E-state index is 5.83. The van der Waals surface area contributed by atoms with Gasteiger partial charge >= 0.3 is 0 Å². The van der Waals surface area contributed by atoms with Crippen molar-refractivity contribution in [1.82, 2.24) is 9.88 Å². The van der Waals surface area contributed by atoms with Crippen LogP contribution in [0.5, 0.6) is 0 Å². The maximum Gasteiger partial charge on any atom is 0.137 e. The quantitative estimate of drug-likeness (QED) is 0.935. The summed E-state index contributed by atoms with van der Waals surface area (Å²) in [6.45, 7) is 2.65. The van der Waals surface area contributed by atoms with Gasteiger partial charge in [0.05, 0.1) is 5.69 Å². The predicted molar refractivity (Wildman–Crippen MR) is 88.6 cm³/mol. The fraction of sp³-hybridized carbons (Fsp3) is 0.471. The van der Waals surface area contributed by atoms with Gasteiger partial charge in [0.25, 0.3) is 0 Å². The Morgan fingerprint density at radius 1 is 1.33 bits per heavy atom. The third kappa shape index (κ3) is 2.87. The summed E-state index contributed by atoms with van der Waals surface area (Å²) in [7, 11) is 4.27. The second-order valence-electron chi connectivity index (χ2n) is 6.11. The number of likely N-dealkylation sites (N-methyl/N-ethyl adjacent to an activating group) is 1. The Morgan fingerprint density at radius 3 is 2.90 bits per heavy atom. The van der Waals surface area contributed by atoms with E-state index in [9.17, 15) is 0 Å². The number of nitrogens with zero attached hydrogens (tertiary/aromatic N) is 3. The van der Waals surface area contributed by atoms with E-state index in [1.165, 1.54) is 23.6 Å². The largest absolute Gasteiger partial charge is 0.352 e. The van der Waals surface area contributed by atoms with E-state index in [0.717, 1.165) is 24.6 Å². The van der Waals surface area contributed by atoms with Gasteiger partial charge in [0.1, 0.15) is 5.82 Å². The van der Waals surface area contributed by atoms with Crippen molar-refractivity contribution in [2.45, 2.75) is 25.4 Å². The minimum absolute atomic E-state index is 0.490. The first-order chi connectivity index (χ1) is 10.2. The topological polar surface area (TPSA) is 45.4 Å². The molecule has 0 radical (unpaired) electrons. The highest BCUT2D eigenvalue weighted by molar-refractivity contribution is 5.92. The van der Waals surface area contributed by atoms with Gasteiger partial charge in [-0.05, 0) is 38.4 Å². The van der Waals surface area contributed by atoms with Crippen molar-refractivity contribution in [3.8, 4) is 0 Å². The summed E-state index contributed by atoms with van der Waals surface area (Å²) in [4.78, 5) is 9.58. The number of anilines is 1. The summed E-state index contributed by atoms with van der Waals surface area (Å²) in [6, 6.07) is 11.1. The van der Waals surface area contributed by atoms with Crippen LogP contribution < -0.4 is 10.6 Å². The van der Waals surface area contributed by atoms with Crippen molar-refractivity contribution in [3.63, 3.8) is 0 Å². The number of nitrogens with two attached hydrogens (primary N) is 1. The lowest BCUT2D eigenvalue weighted by Gasteiger charge is -2.29. The molecule has 3 rings (SSSR count). The van der Waals surface area contributed by atoms with E-state index in [4.69, 9.17) is 10.7 Å². The monoisotopic (exact) mass is 284 g/mol. The highest BCUT2D eigenvalue weighted by Crippen LogP contribution is 2.31. The van der Waals surface area contributed by atoms with Crippen LogP contribution in [0.3, 0.4) is 0 Å². The van der Waals surface area contributed by atoms with Crippen LogP contribution in [-0.4, -0.2) is 43.1 Å². The molecule has 1 aromatic heterocycles. The van der Waals surface area contributed by atoms with Gasteiger partial charge in [-0.25, -0.2) is 4.98 Å². The van der Waals surface area contributed by atoms with Gasteiger partial charge in [-0.15, -0.1) is 0 Å². The summed E-state index contributed by atoms with van der Waals surface area (Å²) in [5.74, 6) is 1.11. The van der Waals surface area contributed by atoms with Crippen LogP contribution >= 0.6 is 0 Å². The molecule has 1 aromatic carbocycles. The highest BCUT2D eigenvalue weighted by atomic mass is 15.3. The minimum atomic E-state index is 0.490. The summed E-state index contributed by atoms with van der Waals surface area (Å²) in [5, 5.41) is 2.47. The Bertz CT molecular complexity index is 623. The lowest BCUT2D eigenvalue weighted by atomic mass is 10.1. The second kappa shape index (κ2) is 6.00. The SMILES string of the molecule is CN(C)CC1CCCN1c1nc(CN)cc2ccccc12. The van der Waals surface area contributed by atoms with Crippen molar-refractivity contribution in [2.75, 3.05) is 32.1 Å². The molecule has 1 saturated heterocycles. The van der Waals surface area contributed by atoms with Gasteiger partial charge in [0, 0.05) is 31.1 Å². The van der Waals surface area contributed by atoms with Crippen LogP contribution in [0, 0.1) is 0 Å². The number of benzene rings is 1. The summed E-state index contributed by atoms with van der Waals surface area (Å²) in [5.41, 5.74) is 6.81. The van der Waals surface area contributed by atoms with Gasteiger partial charge < -0.3 is 15.5 Å². The van der Waals surface area contributed by atoms with Crippen LogP contribution in [0.4, 0.5) is 5.82 Å². The van der Waals surface area contributed by atoms with E-state index in [0.29, 0.717) is 12.6 Å². The fourth-order valence-corrected chi connectivity index (χ4v) is 3.28. The van der Waals surface area contributed by atoms with Gasteiger partial charge in [-0.2, -0.15) is 0 Å². The molecule has 2 N–H and O–H groups in total. The molecule has 0 saturated carbocycles. The second-order valence-corrected chi connectivity index (χ2v) is 6.11. The first-order valence-corrected chi connectivity index (χ1v) is 7.69. The molecule has 4 nitrogen and oxygen atoms in total. The van der Waals surface area contributed by atoms with E-state index in [-0.39, 0.29) is 0 Å². The number of rotatable bonds is 4. The van der Waals surface area contributed by atoms with E-state index in [1.54, 1.807) is 0 Å². The van der Waals surface area contributed by atoms with E-state index >= 15 is 0 Å². The summed E-state index contributed by atoms with van der Waals surface area (Å²) in [6.07, 6.45) is 2.47. The van der Waals surface area contributed by atoms with Crippen molar-refractivity contribution in [3.05, 3.63) is 36.0 Å². The maximum absolute atomic E-state index is 5.83. The highest BCUT2D eigenvalue weighted by Gasteiger charge is 2.27. The van der Waals surface area contributed by atoms with Crippen LogP contribution in [0.15, 0.2) is 30.3 Å². The molecule has 1 unspecified atom stereocenters. The third-order valence-corrected chi connectivity index (χ3v) is 4.21. The van der Waals surface area contributed by atoms with Crippen LogP contribution in [0.2, 0.25) is 0 Å². The smallest absolute Gasteiger partial charge is 0.137 e. The van der Waals surface area contributed by atoms with Crippen LogP contribution in [0.25, 0.3) is 10.8 Å². The van der Waals surface area contributed by atoms with Crippen LogP contribution in [0.1, 0.15) is 18.5 Å². The summed E-state index contributed by atoms with van der Waals surface area (Å²) >= 11 is 0. The average molecular weight is 284 g/mol. The van der Waals surface area contributed by atoms with Crippen molar-refractivity contribution in [1.29, 1.82) is 0 Å². The first kappa shape index (κ1) is 14.3. The molecule has 1 fully saturated rings. The van der Waals surface area contributed by atoms with Crippen molar-refractivity contribution < 1.29 is 0 Å². The van der Waals surface area contributed by atoms with Crippen molar-refractivity contribution >= 4 is 16.6 Å². The number of pyridine rings is 1. The van der Waals surface area contributed by atoms with Crippen molar-refractivity contribution in [2.24, 2.45) is 5.73 Å². The number of aromatic nitrogens is 1. The van der Waals surface area contributed by atoms with E-state index in [2.05, 4.69) is 54.2 Å². The Labute approximate surface area is 126 Å². The molecule has 1 aliphatic rings. The lowest BCUT2D eigenvalue weighted by molar-refractivity contribution is 0.371. The predicted octanol–water partition coefficient (Wildman–Crippen LogP) is 2.22.